The molecular formula is C35H39Cl2N7O5. The third-order valence-corrected chi connectivity index (χ3v) is 9.82. The maximum Gasteiger partial charge on any atom is 0.237 e. The first-order valence-corrected chi connectivity index (χ1v) is 16.8. The second kappa shape index (κ2) is 15.8. The highest BCUT2D eigenvalue weighted by atomic mass is 35.5. The van der Waals surface area contributed by atoms with Gasteiger partial charge in [-0.15, -0.1) is 0 Å². The van der Waals surface area contributed by atoms with Gasteiger partial charge in [0.05, 0.1) is 60.8 Å². The Balaban J connectivity index is 1.24. The van der Waals surface area contributed by atoms with E-state index < -0.39 is 0 Å². The highest BCUT2D eigenvalue weighted by Crippen LogP contribution is 2.42. The summed E-state index contributed by atoms with van der Waals surface area (Å²) in [7, 11) is 4.80. The van der Waals surface area contributed by atoms with Crippen LogP contribution < -0.4 is 20.1 Å². The molecule has 2 fully saturated rings. The van der Waals surface area contributed by atoms with Crippen molar-refractivity contribution < 1.29 is 24.1 Å². The Hall–Kier alpha value is -3.91. The molecule has 0 spiro atoms. The zero-order chi connectivity index (χ0) is 34.5. The minimum atomic E-state index is -0.0251. The van der Waals surface area contributed by atoms with E-state index in [0.717, 1.165) is 12.8 Å². The fourth-order valence-corrected chi connectivity index (χ4v) is 7.01. The van der Waals surface area contributed by atoms with Crippen molar-refractivity contribution in [3.8, 4) is 45.4 Å². The smallest absolute Gasteiger partial charge is 0.237 e. The lowest BCUT2D eigenvalue weighted by Crippen LogP contribution is -2.35. The topological polar surface area (TPSA) is 144 Å². The molecule has 0 radical (unpaired) electrons. The molecule has 0 bridgehead atoms. The number of amides is 1. The Kier molecular flexibility index (Phi) is 11.2. The van der Waals surface area contributed by atoms with E-state index in [1.54, 1.807) is 33.7 Å². The number of nitrogens with one attached hydrogen (secondary N) is 2. The Bertz CT molecular complexity index is 1810. The fourth-order valence-electron chi connectivity index (χ4n) is 6.37. The molecule has 4 aromatic rings. The molecule has 0 saturated carbocycles. The van der Waals surface area contributed by atoms with Gasteiger partial charge in [0.1, 0.15) is 11.4 Å². The zero-order valence-electron chi connectivity index (χ0n) is 27.6. The SMILES string of the molecule is COc1nc(-c2cccc(-c3cccc(-c4cnc(CN5C[C@@H](OC)C[C@H]5CO)c(OC)n4)c3Cl)c2Cl)cnc1CNC[C@@H]1CCC(=O)N1. The number of ether oxygens (including phenoxy) is 3. The Morgan fingerprint density at radius 2 is 1.51 bits per heavy atom. The molecule has 6 rings (SSSR count). The summed E-state index contributed by atoms with van der Waals surface area (Å²) in [4.78, 5) is 32.4. The van der Waals surface area contributed by atoms with Gasteiger partial charge in [0, 0.05) is 74.0 Å². The number of likely N-dealkylation sites (tertiary alicyclic amines) is 1. The maximum absolute atomic E-state index is 11.5. The molecule has 2 aliphatic heterocycles. The number of methoxy groups -OCH3 is 3. The number of hydrogen-bond acceptors (Lipinski definition) is 11. The third kappa shape index (κ3) is 7.64. The monoisotopic (exact) mass is 707 g/mol. The lowest BCUT2D eigenvalue weighted by Gasteiger charge is -2.22. The number of carbonyl (C=O) groups is 1. The number of hydrogen-bond donors (Lipinski definition) is 3. The summed E-state index contributed by atoms with van der Waals surface area (Å²) >= 11 is 14.1. The van der Waals surface area contributed by atoms with E-state index in [1.165, 1.54) is 0 Å². The lowest BCUT2D eigenvalue weighted by molar-refractivity contribution is -0.119. The number of aromatic nitrogens is 4. The van der Waals surface area contributed by atoms with E-state index in [-0.39, 0.29) is 30.7 Å². The van der Waals surface area contributed by atoms with Crippen LogP contribution in [-0.4, -0.2) is 95.1 Å². The van der Waals surface area contributed by atoms with Gasteiger partial charge in [-0.25, -0.2) is 9.97 Å². The van der Waals surface area contributed by atoms with Gasteiger partial charge in [0.15, 0.2) is 0 Å². The van der Waals surface area contributed by atoms with Crippen molar-refractivity contribution in [1.29, 1.82) is 0 Å². The largest absolute Gasteiger partial charge is 0.480 e. The number of halogens is 2. The minimum Gasteiger partial charge on any atom is -0.480 e. The van der Waals surface area contributed by atoms with E-state index in [1.807, 2.05) is 36.4 Å². The second-order valence-electron chi connectivity index (χ2n) is 12.0. The second-order valence-corrected chi connectivity index (χ2v) is 12.8. The quantitative estimate of drug-likeness (QED) is 0.180. The number of aliphatic hydroxyl groups excluding tert-OH is 1. The fraction of sp³-hybridized carbons (Fsp3) is 0.400. The number of rotatable bonds is 13. The summed E-state index contributed by atoms with van der Waals surface area (Å²) in [6.07, 6.45) is 5.52. The minimum absolute atomic E-state index is 0.0251. The molecule has 2 aromatic heterocycles. The van der Waals surface area contributed by atoms with Crippen LogP contribution in [-0.2, 0) is 22.6 Å². The average Bonchev–Trinajstić information content (AvgIpc) is 3.73. The van der Waals surface area contributed by atoms with Gasteiger partial charge < -0.3 is 30.0 Å². The van der Waals surface area contributed by atoms with Crippen LogP contribution in [0.25, 0.3) is 33.6 Å². The molecule has 0 unspecified atom stereocenters. The summed E-state index contributed by atoms with van der Waals surface area (Å²) < 4.78 is 16.8. The van der Waals surface area contributed by atoms with Crippen LogP contribution in [0, 0.1) is 0 Å². The van der Waals surface area contributed by atoms with E-state index in [4.69, 9.17) is 52.4 Å². The molecule has 2 saturated heterocycles. The normalized spacial score (nSPS) is 19.3. The molecule has 4 heterocycles. The van der Waals surface area contributed by atoms with Crippen LogP contribution >= 0.6 is 23.2 Å². The summed E-state index contributed by atoms with van der Waals surface area (Å²) in [6.45, 7) is 2.25. The molecule has 14 heteroatoms. The predicted octanol–water partition coefficient (Wildman–Crippen LogP) is 4.54. The first-order valence-electron chi connectivity index (χ1n) is 16.1. The van der Waals surface area contributed by atoms with Crippen LogP contribution in [0.1, 0.15) is 30.7 Å². The van der Waals surface area contributed by atoms with Crippen molar-refractivity contribution >= 4 is 29.1 Å². The van der Waals surface area contributed by atoms with Gasteiger partial charge in [-0.1, -0.05) is 59.6 Å². The van der Waals surface area contributed by atoms with Gasteiger partial charge in [0.2, 0.25) is 17.7 Å². The first kappa shape index (κ1) is 34.9. The molecule has 1 amide bonds. The van der Waals surface area contributed by atoms with Gasteiger partial charge in [0.25, 0.3) is 0 Å². The van der Waals surface area contributed by atoms with E-state index >= 15 is 0 Å². The highest BCUT2D eigenvalue weighted by molar-refractivity contribution is 6.39. The lowest BCUT2D eigenvalue weighted by atomic mass is 9.98. The van der Waals surface area contributed by atoms with Crippen molar-refractivity contribution in [3.63, 3.8) is 0 Å². The maximum atomic E-state index is 11.5. The first-order chi connectivity index (χ1) is 23.8. The number of benzene rings is 2. The van der Waals surface area contributed by atoms with Gasteiger partial charge >= 0.3 is 0 Å². The summed E-state index contributed by atoms with van der Waals surface area (Å²) in [6, 6.07) is 11.4. The molecule has 2 aliphatic rings. The van der Waals surface area contributed by atoms with Crippen LogP contribution in [0.5, 0.6) is 11.8 Å². The number of nitrogens with zero attached hydrogens (tertiary/aromatic N) is 5. The molecule has 3 atom stereocenters. The molecule has 3 N–H and O–H groups in total. The van der Waals surface area contributed by atoms with Gasteiger partial charge in [-0.2, -0.15) is 0 Å². The van der Waals surface area contributed by atoms with Crippen LogP contribution in [0.4, 0.5) is 0 Å². The van der Waals surface area contributed by atoms with Crippen LogP contribution in [0.15, 0.2) is 48.8 Å². The standard InChI is InChI=1S/C35H39Cl2N7O5/c1-47-22-12-21(19-45)44(17-22)18-30-35(49-3)43-28(16-40-30)26-9-5-7-24(33(26)37)23-6-4-8-25(32(23)36)27-15-39-29(34(42-27)48-2)14-38-13-20-10-11-31(46)41-20/h4-9,15-16,20-22,38,45H,10-14,17-19H2,1-3H3,(H,41,46)/t20-,21-,22-/m0/s1. The van der Waals surface area contributed by atoms with Crippen LogP contribution in [0.2, 0.25) is 10.0 Å². The van der Waals surface area contributed by atoms with Crippen molar-refractivity contribution in [3.05, 3.63) is 70.2 Å². The summed E-state index contributed by atoms with van der Waals surface area (Å²) in [5.74, 6) is 0.845. The Morgan fingerprint density at radius 3 is 2.06 bits per heavy atom. The Labute approximate surface area is 295 Å². The third-order valence-electron chi connectivity index (χ3n) is 9.00. The van der Waals surface area contributed by atoms with E-state index in [2.05, 4.69) is 20.5 Å². The summed E-state index contributed by atoms with van der Waals surface area (Å²) in [5, 5.41) is 17.1. The average molecular weight is 709 g/mol. The van der Waals surface area contributed by atoms with Crippen molar-refractivity contribution in [1.82, 2.24) is 35.5 Å². The molecule has 0 aliphatic carbocycles. The van der Waals surface area contributed by atoms with Gasteiger partial charge in [-0.05, 0) is 12.8 Å². The molecule has 12 nitrogen and oxygen atoms in total. The molecule has 258 valence electrons. The molecule has 49 heavy (non-hydrogen) atoms. The zero-order valence-corrected chi connectivity index (χ0v) is 29.1. The van der Waals surface area contributed by atoms with Crippen LogP contribution in [0.3, 0.4) is 0 Å². The predicted molar refractivity (Wildman–Crippen MR) is 187 cm³/mol. The molecule has 2 aromatic carbocycles. The van der Waals surface area contributed by atoms with Gasteiger partial charge in [-0.3, -0.25) is 19.7 Å². The summed E-state index contributed by atoms with van der Waals surface area (Å²) in [5.41, 5.74) is 5.16. The van der Waals surface area contributed by atoms with Crippen molar-refractivity contribution in [2.45, 2.75) is 50.5 Å². The van der Waals surface area contributed by atoms with E-state index in [9.17, 15) is 9.90 Å². The van der Waals surface area contributed by atoms with E-state index in [0.29, 0.717) is 99.4 Å². The highest BCUT2D eigenvalue weighted by Gasteiger charge is 2.32. The number of carbonyl (C=O) groups excluding carboxylic acids is 1. The van der Waals surface area contributed by atoms with Crippen molar-refractivity contribution in [2.75, 3.05) is 41.0 Å². The Morgan fingerprint density at radius 1 is 0.918 bits per heavy atom. The number of aliphatic hydroxyl groups is 1. The molecular weight excluding hydrogens is 669 g/mol. The van der Waals surface area contributed by atoms with Crippen molar-refractivity contribution in [2.24, 2.45) is 0 Å².